The molecule has 1 N–H and O–H groups in total. The highest BCUT2D eigenvalue weighted by atomic mass is 19.1. The Hall–Kier alpha value is -4.32. The molecule has 2 aliphatic rings. The van der Waals surface area contributed by atoms with Crippen LogP contribution < -0.4 is 5.32 Å². The van der Waals surface area contributed by atoms with E-state index in [0.29, 0.717) is 28.9 Å². The predicted octanol–water partition coefficient (Wildman–Crippen LogP) is 2.53. The maximum atomic E-state index is 13.8. The van der Waals surface area contributed by atoms with Gasteiger partial charge in [-0.15, -0.1) is 0 Å². The summed E-state index contributed by atoms with van der Waals surface area (Å²) >= 11 is 0. The van der Waals surface area contributed by atoms with Crippen molar-refractivity contribution in [3.63, 3.8) is 0 Å². The zero-order valence-corrected chi connectivity index (χ0v) is 17.6. The number of hydrogen-bond donors (Lipinski definition) is 1. The van der Waals surface area contributed by atoms with Gasteiger partial charge in [0.15, 0.2) is 0 Å². The van der Waals surface area contributed by atoms with Crippen molar-refractivity contribution in [3.05, 3.63) is 65.2 Å². The third-order valence-electron chi connectivity index (χ3n) is 6.09. The lowest BCUT2D eigenvalue weighted by Gasteiger charge is -2.29. The molecule has 1 unspecified atom stereocenters. The Balaban J connectivity index is 1.51. The lowest BCUT2D eigenvalue weighted by molar-refractivity contribution is -0.136. The second-order valence-corrected chi connectivity index (χ2v) is 8.13. The maximum Gasteiger partial charge on any atom is 0.255 e. The molecule has 164 valence electrons. The van der Waals surface area contributed by atoms with Gasteiger partial charge in [0.25, 0.3) is 5.91 Å². The fourth-order valence-electron chi connectivity index (χ4n) is 4.46. The number of nitrogens with zero attached hydrogens (tertiary/aromatic N) is 4. The fourth-order valence-corrected chi connectivity index (χ4v) is 4.46. The molecular weight excluding hydrogens is 425 g/mol. The molecule has 3 heterocycles. The van der Waals surface area contributed by atoms with E-state index in [1.807, 2.05) is 19.2 Å². The summed E-state index contributed by atoms with van der Waals surface area (Å²) in [7, 11) is 1.81. The van der Waals surface area contributed by atoms with E-state index in [0.717, 1.165) is 11.1 Å². The molecule has 1 aromatic heterocycles. The standard InChI is InChI=1S/C24H18FN5O3/c1-29-12-27-21(22(29)14-3-5-18(25)15(9-14)10-26)13-2-4-17-16(8-13)11-30(24(17)33)19-6-7-20(31)28-23(19)32/h2-5,8-9,12,19H,6-7,11H2,1H3,(H,28,31,32). The van der Waals surface area contributed by atoms with Crippen LogP contribution >= 0.6 is 0 Å². The fraction of sp³-hybridized carbons (Fsp3) is 0.208. The molecule has 0 aliphatic carbocycles. The van der Waals surface area contributed by atoms with Crippen molar-refractivity contribution in [3.8, 4) is 28.6 Å². The number of amides is 3. The number of aryl methyl sites for hydroxylation is 1. The second-order valence-electron chi connectivity index (χ2n) is 8.13. The van der Waals surface area contributed by atoms with E-state index in [2.05, 4.69) is 10.3 Å². The molecule has 3 aromatic rings. The van der Waals surface area contributed by atoms with Gasteiger partial charge in [-0.1, -0.05) is 6.07 Å². The molecule has 2 aromatic carbocycles. The number of piperidine rings is 1. The van der Waals surface area contributed by atoms with Crippen LogP contribution in [0.5, 0.6) is 0 Å². The van der Waals surface area contributed by atoms with Crippen LogP contribution in [0.2, 0.25) is 0 Å². The Labute approximate surface area is 188 Å². The number of carbonyl (C=O) groups is 3. The third-order valence-corrected chi connectivity index (χ3v) is 6.09. The van der Waals surface area contributed by atoms with Gasteiger partial charge in [0.1, 0.15) is 17.9 Å². The molecule has 1 saturated heterocycles. The molecule has 0 radical (unpaired) electrons. The monoisotopic (exact) mass is 443 g/mol. The van der Waals surface area contributed by atoms with Crippen molar-refractivity contribution < 1.29 is 18.8 Å². The molecule has 1 fully saturated rings. The summed E-state index contributed by atoms with van der Waals surface area (Å²) in [5.74, 6) is -1.62. The number of fused-ring (bicyclic) bond motifs is 1. The Morgan fingerprint density at radius 3 is 2.70 bits per heavy atom. The van der Waals surface area contributed by atoms with Crippen molar-refractivity contribution in [2.75, 3.05) is 0 Å². The van der Waals surface area contributed by atoms with E-state index < -0.39 is 17.8 Å². The summed E-state index contributed by atoms with van der Waals surface area (Å²) in [6.45, 7) is 0.256. The van der Waals surface area contributed by atoms with Crippen LogP contribution in [0.1, 0.15) is 34.3 Å². The zero-order valence-electron chi connectivity index (χ0n) is 17.6. The van der Waals surface area contributed by atoms with Gasteiger partial charge in [0.2, 0.25) is 11.8 Å². The predicted molar refractivity (Wildman–Crippen MR) is 115 cm³/mol. The van der Waals surface area contributed by atoms with Gasteiger partial charge in [-0.2, -0.15) is 5.26 Å². The highest BCUT2D eigenvalue weighted by molar-refractivity contribution is 6.05. The first kappa shape index (κ1) is 20.6. The maximum absolute atomic E-state index is 13.8. The van der Waals surface area contributed by atoms with Gasteiger partial charge in [-0.3, -0.25) is 19.7 Å². The average Bonchev–Trinajstić information content (AvgIpc) is 3.34. The van der Waals surface area contributed by atoms with Crippen LogP contribution in [-0.2, 0) is 23.2 Å². The minimum atomic E-state index is -0.680. The average molecular weight is 443 g/mol. The van der Waals surface area contributed by atoms with Crippen molar-refractivity contribution in [2.45, 2.75) is 25.4 Å². The Kier molecular flexibility index (Phi) is 4.78. The van der Waals surface area contributed by atoms with Gasteiger partial charge < -0.3 is 9.47 Å². The summed E-state index contributed by atoms with van der Waals surface area (Å²) in [4.78, 5) is 42.7. The van der Waals surface area contributed by atoms with E-state index in [1.54, 1.807) is 29.1 Å². The van der Waals surface area contributed by atoms with E-state index in [9.17, 15) is 24.0 Å². The highest BCUT2D eigenvalue weighted by Gasteiger charge is 2.39. The SMILES string of the molecule is Cn1cnc(-c2ccc3c(c2)CN(C2CCC(=O)NC2=O)C3=O)c1-c1ccc(F)c(C#N)c1. The quantitative estimate of drug-likeness (QED) is 0.626. The first-order valence-corrected chi connectivity index (χ1v) is 10.4. The molecule has 1 atom stereocenters. The first-order chi connectivity index (χ1) is 15.9. The van der Waals surface area contributed by atoms with Gasteiger partial charge in [-0.05, 0) is 42.3 Å². The minimum Gasteiger partial charge on any atom is -0.333 e. The number of rotatable bonds is 3. The van der Waals surface area contributed by atoms with Crippen LogP contribution in [0.25, 0.3) is 22.5 Å². The van der Waals surface area contributed by atoms with Gasteiger partial charge in [0.05, 0.1) is 23.3 Å². The normalized spacial score (nSPS) is 17.7. The lowest BCUT2D eigenvalue weighted by atomic mass is 9.99. The molecule has 8 nitrogen and oxygen atoms in total. The van der Waals surface area contributed by atoms with Gasteiger partial charge in [-0.25, -0.2) is 9.37 Å². The number of nitrogens with one attached hydrogen (secondary N) is 1. The summed E-state index contributed by atoms with van der Waals surface area (Å²) in [6, 6.07) is 10.9. The number of carbonyl (C=O) groups excluding carboxylic acids is 3. The molecule has 0 saturated carbocycles. The van der Waals surface area contributed by atoms with Crippen molar-refractivity contribution in [1.29, 1.82) is 5.26 Å². The molecule has 0 bridgehead atoms. The number of benzene rings is 2. The molecule has 3 amide bonds. The molecule has 2 aliphatic heterocycles. The third kappa shape index (κ3) is 3.36. The molecule has 5 rings (SSSR count). The Bertz CT molecular complexity index is 1390. The van der Waals surface area contributed by atoms with Crippen LogP contribution in [-0.4, -0.2) is 38.2 Å². The van der Waals surface area contributed by atoms with Crippen LogP contribution in [0, 0.1) is 17.1 Å². The van der Waals surface area contributed by atoms with E-state index in [1.165, 1.54) is 17.0 Å². The molecule has 33 heavy (non-hydrogen) atoms. The summed E-state index contributed by atoms with van der Waals surface area (Å²) in [6.07, 6.45) is 2.13. The number of nitriles is 1. The van der Waals surface area contributed by atoms with E-state index in [4.69, 9.17) is 0 Å². The minimum absolute atomic E-state index is 0.0564. The van der Waals surface area contributed by atoms with Crippen molar-refractivity contribution in [1.82, 2.24) is 19.8 Å². The van der Waals surface area contributed by atoms with Gasteiger partial charge >= 0.3 is 0 Å². The summed E-state index contributed by atoms with van der Waals surface area (Å²) in [5, 5.41) is 11.5. The molecular formula is C24H18FN5O3. The Morgan fingerprint density at radius 2 is 1.94 bits per heavy atom. The number of imidazole rings is 1. The number of imide groups is 1. The van der Waals surface area contributed by atoms with E-state index >= 15 is 0 Å². The zero-order chi connectivity index (χ0) is 23.3. The summed E-state index contributed by atoms with van der Waals surface area (Å²) in [5.41, 5.74) is 3.94. The van der Waals surface area contributed by atoms with E-state index in [-0.39, 0.29) is 30.3 Å². The van der Waals surface area contributed by atoms with Crippen LogP contribution in [0.3, 0.4) is 0 Å². The van der Waals surface area contributed by atoms with Crippen LogP contribution in [0.4, 0.5) is 4.39 Å². The Morgan fingerprint density at radius 1 is 1.15 bits per heavy atom. The number of halogens is 1. The topological polar surface area (TPSA) is 108 Å². The lowest BCUT2D eigenvalue weighted by Crippen LogP contribution is -2.52. The number of aromatic nitrogens is 2. The first-order valence-electron chi connectivity index (χ1n) is 10.4. The smallest absolute Gasteiger partial charge is 0.255 e. The molecule has 0 spiro atoms. The van der Waals surface area contributed by atoms with Crippen molar-refractivity contribution >= 4 is 17.7 Å². The van der Waals surface area contributed by atoms with Crippen LogP contribution in [0.15, 0.2) is 42.7 Å². The van der Waals surface area contributed by atoms with Gasteiger partial charge in [0, 0.05) is 36.7 Å². The number of hydrogen-bond acceptors (Lipinski definition) is 5. The van der Waals surface area contributed by atoms with Crippen molar-refractivity contribution in [2.24, 2.45) is 7.05 Å². The second kappa shape index (κ2) is 7.67. The largest absolute Gasteiger partial charge is 0.333 e. The highest BCUT2D eigenvalue weighted by Crippen LogP contribution is 2.35. The summed E-state index contributed by atoms with van der Waals surface area (Å²) < 4.78 is 15.6. The molecule has 9 heteroatoms.